The van der Waals surface area contributed by atoms with E-state index < -0.39 is 24.7 Å². The molecule has 0 aliphatic carbocycles. The van der Waals surface area contributed by atoms with E-state index in [1.807, 2.05) is 40.5 Å². The molecular formula is C16H20F3N3O2. The molecule has 0 spiro atoms. The molecule has 2 rings (SSSR count). The fourth-order valence-electron chi connectivity index (χ4n) is 2.80. The molecule has 2 N–H and O–H groups in total. The number of likely N-dealkylation sites (tertiary alicyclic amines) is 1. The number of imide groups is 1. The number of carbonyl (C=O) groups excluding carboxylic acids is 2. The minimum absolute atomic E-state index is 0.00304. The molecule has 1 aromatic carbocycles. The van der Waals surface area contributed by atoms with E-state index in [9.17, 15) is 22.8 Å². The van der Waals surface area contributed by atoms with Crippen LogP contribution in [-0.2, 0) is 11.2 Å². The number of rotatable bonds is 5. The zero-order chi connectivity index (χ0) is 17.6. The van der Waals surface area contributed by atoms with Crippen molar-refractivity contribution < 1.29 is 22.8 Å². The van der Waals surface area contributed by atoms with Crippen molar-refractivity contribution in [3.8, 4) is 0 Å². The summed E-state index contributed by atoms with van der Waals surface area (Å²) in [6.45, 7) is -0.738. The Labute approximate surface area is 138 Å². The van der Waals surface area contributed by atoms with Gasteiger partial charge in [-0.1, -0.05) is 30.3 Å². The molecule has 0 saturated carbocycles. The number of urea groups is 1. The van der Waals surface area contributed by atoms with Crippen molar-refractivity contribution in [1.29, 1.82) is 0 Å². The highest BCUT2D eigenvalue weighted by molar-refractivity contribution is 5.95. The Balaban J connectivity index is 1.79. The van der Waals surface area contributed by atoms with E-state index in [4.69, 9.17) is 0 Å². The van der Waals surface area contributed by atoms with Gasteiger partial charge in [0, 0.05) is 6.04 Å². The van der Waals surface area contributed by atoms with Gasteiger partial charge in [-0.15, -0.1) is 0 Å². The third kappa shape index (κ3) is 6.19. The summed E-state index contributed by atoms with van der Waals surface area (Å²) in [6.07, 6.45) is -1.81. The van der Waals surface area contributed by atoms with Crippen LogP contribution in [0.2, 0.25) is 0 Å². The van der Waals surface area contributed by atoms with E-state index in [0.29, 0.717) is 0 Å². The average molecular weight is 343 g/mol. The maximum Gasteiger partial charge on any atom is 0.405 e. The standard InChI is InChI=1S/C16H20F3N3O2/c17-16(18,19)11-20-15(24)21-14(23)10-22-8-4-7-13(22)9-12-5-2-1-3-6-12/h1-3,5-6,13H,4,7-11H2,(H2,20,21,23,24). The van der Waals surface area contributed by atoms with Gasteiger partial charge in [0.25, 0.3) is 0 Å². The minimum Gasteiger partial charge on any atom is -0.329 e. The Kier molecular flexibility index (Phi) is 6.19. The molecule has 5 nitrogen and oxygen atoms in total. The predicted octanol–water partition coefficient (Wildman–Crippen LogP) is 2.08. The lowest BCUT2D eigenvalue weighted by Gasteiger charge is -2.23. The summed E-state index contributed by atoms with van der Waals surface area (Å²) < 4.78 is 36.0. The first kappa shape index (κ1) is 18.3. The van der Waals surface area contributed by atoms with Crippen LogP contribution in [0.25, 0.3) is 0 Å². The van der Waals surface area contributed by atoms with Gasteiger partial charge >= 0.3 is 12.2 Å². The van der Waals surface area contributed by atoms with Crippen LogP contribution in [0.1, 0.15) is 18.4 Å². The van der Waals surface area contributed by atoms with Gasteiger partial charge in [-0.05, 0) is 31.4 Å². The van der Waals surface area contributed by atoms with Crippen LogP contribution in [0.15, 0.2) is 30.3 Å². The van der Waals surface area contributed by atoms with Gasteiger partial charge in [-0.2, -0.15) is 13.2 Å². The number of halogens is 3. The van der Waals surface area contributed by atoms with Gasteiger partial charge in [0.05, 0.1) is 6.54 Å². The molecule has 0 bridgehead atoms. The van der Waals surface area contributed by atoms with E-state index >= 15 is 0 Å². The second kappa shape index (κ2) is 8.14. The Bertz CT molecular complexity index is 563. The van der Waals surface area contributed by atoms with Gasteiger partial charge in [0.15, 0.2) is 0 Å². The molecule has 3 amide bonds. The van der Waals surface area contributed by atoms with Crippen molar-refractivity contribution in [3.63, 3.8) is 0 Å². The quantitative estimate of drug-likeness (QED) is 0.861. The number of nitrogens with zero attached hydrogens (tertiary/aromatic N) is 1. The molecule has 1 heterocycles. The van der Waals surface area contributed by atoms with Crippen molar-refractivity contribution in [2.24, 2.45) is 0 Å². The van der Waals surface area contributed by atoms with E-state index in [0.717, 1.165) is 31.4 Å². The highest BCUT2D eigenvalue weighted by atomic mass is 19.4. The molecule has 1 aliphatic rings. The molecule has 132 valence electrons. The molecule has 24 heavy (non-hydrogen) atoms. The van der Waals surface area contributed by atoms with E-state index in [1.54, 1.807) is 5.32 Å². The highest BCUT2D eigenvalue weighted by Crippen LogP contribution is 2.20. The number of carbonyl (C=O) groups is 2. The lowest BCUT2D eigenvalue weighted by Crippen LogP contribution is -2.47. The van der Waals surface area contributed by atoms with Crippen LogP contribution < -0.4 is 10.6 Å². The van der Waals surface area contributed by atoms with E-state index in [1.165, 1.54) is 0 Å². The first-order valence-electron chi connectivity index (χ1n) is 7.76. The smallest absolute Gasteiger partial charge is 0.329 e. The molecule has 8 heteroatoms. The Morgan fingerprint density at radius 1 is 1.21 bits per heavy atom. The van der Waals surface area contributed by atoms with Crippen molar-refractivity contribution >= 4 is 11.9 Å². The van der Waals surface area contributed by atoms with Crippen LogP contribution in [-0.4, -0.2) is 48.7 Å². The number of hydrogen-bond acceptors (Lipinski definition) is 3. The summed E-state index contributed by atoms with van der Waals surface area (Å²) in [5.41, 5.74) is 1.16. The molecule has 0 radical (unpaired) electrons. The van der Waals surface area contributed by atoms with E-state index in [2.05, 4.69) is 0 Å². The first-order valence-corrected chi connectivity index (χ1v) is 7.76. The molecule has 1 atom stereocenters. The second-order valence-corrected chi connectivity index (χ2v) is 5.80. The monoisotopic (exact) mass is 343 g/mol. The maximum atomic E-state index is 12.0. The number of benzene rings is 1. The van der Waals surface area contributed by atoms with Crippen LogP contribution >= 0.6 is 0 Å². The summed E-state index contributed by atoms with van der Waals surface area (Å²) in [5, 5.41) is 3.55. The zero-order valence-corrected chi connectivity index (χ0v) is 13.1. The van der Waals surface area contributed by atoms with Crippen LogP contribution in [0.3, 0.4) is 0 Å². The lowest BCUT2D eigenvalue weighted by molar-refractivity contribution is -0.125. The van der Waals surface area contributed by atoms with Crippen molar-refractivity contribution in [1.82, 2.24) is 15.5 Å². The largest absolute Gasteiger partial charge is 0.405 e. The van der Waals surface area contributed by atoms with Crippen molar-refractivity contribution in [2.75, 3.05) is 19.6 Å². The summed E-state index contributed by atoms with van der Waals surface area (Å²) in [5.74, 6) is -0.602. The zero-order valence-electron chi connectivity index (χ0n) is 13.1. The Hall–Kier alpha value is -2.09. The number of amides is 3. The molecule has 1 aliphatic heterocycles. The predicted molar refractivity (Wildman–Crippen MR) is 82.3 cm³/mol. The van der Waals surface area contributed by atoms with Crippen LogP contribution in [0.5, 0.6) is 0 Å². The molecule has 1 saturated heterocycles. The van der Waals surface area contributed by atoms with Gasteiger partial charge in [-0.25, -0.2) is 4.79 Å². The van der Waals surface area contributed by atoms with E-state index in [-0.39, 0.29) is 12.6 Å². The Morgan fingerprint density at radius 3 is 2.58 bits per heavy atom. The Morgan fingerprint density at radius 2 is 1.92 bits per heavy atom. The fraction of sp³-hybridized carbons (Fsp3) is 0.500. The summed E-state index contributed by atoms with van der Waals surface area (Å²) in [4.78, 5) is 25.1. The van der Waals surface area contributed by atoms with Gasteiger partial charge in [0.2, 0.25) is 5.91 Å². The average Bonchev–Trinajstić information content (AvgIpc) is 2.92. The first-order chi connectivity index (χ1) is 11.3. The third-order valence-corrected chi connectivity index (χ3v) is 3.86. The van der Waals surface area contributed by atoms with Gasteiger partial charge in [0.1, 0.15) is 6.54 Å². The molecule has 1 unspecified atom stereocenters. The van der Waals surface area contributed by atoms with Crippen molar-refractivity contribution in [2.45, 2.75) is 31.5 Å². The summed E-state index contributed by atoms with van der Waals surface area (Å²) in [7, 11) is 0. The number of alkyl halides is 3. The lowest BCUT2D eigenvalue weighted by atomic mass is 10.0. The van der Waals surface area contributed by atoms with Gasteiger partial charge in [-0.3, -0.25) is 15.0 Å². The summed E-state index contributed by atoms with van der Waals surface area (Å²) in [6, 6.07) is 8.93. The van der Waals surface area contributed by atoms with Crippen LogP contribution in [0.4, 0.5) is 18.0 Å². The fourth-order valence-corrected chi connectivity index (χ4v) is 2.80. The molecule has 1 fully saturated rings. The molecular weight excluding hydrogens is 323 g/mol. The number of hydrogen-bond donors (Lipinski definition) is 2. The molecule has 1 aromatic rings. The minimum atomic E-state index is -4.50. The normalized spacial score (nSPS) is 18.4. The highest BCUT2D eigenvalue weighted by Gasteiger charge is 2.29. The van der Waals surface area contributed by atoms with Gasteiger partial charge < -0.3 is 5.32 Å². The topological polar surface area (TPSA) is 61.4 Å². The molecule has 0 aromatic heterocycles. The summed E-state index contributed by atoms with van der Waals surface area (Å²) >= 11 is 0. The number of nitrogens with one attached hydrogen (secondary N) is 2. The maximum absolute atomic E-state index is 12.0. The third-order valence-electron chi connectivity index (χ3n) is 3.86. The SMILES string of the molecule is O=C(CN1CCCC1Cc1ccccc1)NC(=O)NCC(F)(F)F. The second-order valence-electron chi connectivity index (χ2n) is 5.80. The van der Waals surface area contributed by atoms with Crippen molar-refractivity contribution in [3.05, 3.63) is 35.9 Å². The van der Waals surface area contributed by atoms with Crippen LogP contribution in [0, 0.1) is 0 Å².